The predicted molar refractivity (Wildman–Crippen MR) is 76.1 cm³/mol. The second-order valence-electron chi connectivity index (χ2n) is 5.63. The molecular weight excluding hydrogens is 278 g/mol. The average molecular weight is 299 g/mol. The summed E-state index contributed by atoms with van der Waals surface area (Å²) < 4.78 is 32.5. The molecule has 1 aromatic carbocycles. The Morgan fingerprint density at radius 2 is 2.10 bits per heavy atom. The Morgan fingerprint density at radius 1 is 1.40 bits per heavy atom. The maximum atomic E-state index is 12.3. The molecular formula is C14H21NO4S. The van der Waals surface area contributed by atoms with E-state index in [-0.39, 0.29) is 22.7 Å². The molecule has 0 spiro atoms. The molecule has 1 aliphatic carbocycles. The molecule has 1 aliphatic rings. The summed E-state index contributed by atoms with van der Waals surface area (Å²) in [6.07, 6.45) is 3.26. The topological polar surface area (TPSA) is 75.6 Å². The highest BCUT2D eigenvalue weighted by Gasteiger charge is 2.33. The summed E-state index contributed by atoms with van der Waals surface area (Å²) in [4.78, 5) is 0.111. The van der Waals surface area contributed by atoms with Crippen molar-refractivity contribution in [1.82, 2.24) is 4.72 Å². The standard InChI is InChI=1S/C14H21NO4S/c1-14(6-3-7-14)10-15-20(17,18)13-5-4-11(9-16)8-12(13)19-2/h4-5,8,15-16H,3,6-7,9-10H2,1-2H3. The average Bonchev–Trinajstić information content (AvgIpc) is 2.42. The van der Waals surface area contributed by atoms with Gasteiger partial charge >= 0.3 is 0 Å². The Labute approximate surface area is 120 Å². The second-order valence-corrected chi connectivity index (χ2v) is 7.37. The summed E-state index contributed by atoms with van der Waals surface area (Å²) >= 11 is 0. The van der Waals surface area contributed by atoms with Crippen LogP contribution in [0.2, 0.25) is 0 Å². The van der Waals surface area contributed by atoms with E-state index in [1.54, 1.807) is 12.1 Å². The summed E-state index contributed by atoms with van der Waals surface area (Å²) in [7, 11) is -2.17. The Hall–Kier alpha value is -1.11. The van der Waals surface area contributed by atoms with Crippen LogP contribution in [-0.4, -0.2) is 27.2 Å². The summed E-state index contributed by atoms with van der Waals surface area (Å²) in [5.74, 6) is 0.253. The van der Waals surface area contributed by atoms with E-state index >= 15 is 0 Å². The molecule has 0 heterocycles. The number of hydrogen-bond donors (Lipinski definition) is 2. The van der Waals surface area contributed by atoms with Crippen molar-refractivity contribution >= 4 is 10.0 Å². The van der Waals surface area contributed by atoms with Gasteiger partial charge in [0.25, 0.3) is 0 Å². The third-order valence-electron chi connectivity index (χ3n) is 3.95. The van der Waals surface area contributed by atoms with Gasteiger partial charge in [-0.2, -0.15) is 0 Å². The van der Waals surface area contributed by atoms with Crippen molar-refractivity contribution in [3.8, 4) is 5.75 Å². The van der Waals surface area contributed by atoms with Crippen LogP contribution in [0.25, 0.3) is 0 Å². The summed E-state index contributed by atoms with van der Waals surface area (Å²) in [6.45, 7) is 2.38. The van der Waals surface area contributed by atoms with Crippen LogP contribution in [0.3, 0.4) is 0 Å². The first kappa shape index (κ1) is 15.3. The molecule has 0 bridgehead atoms. The van der Waals surface area contributed by atoms with Crippen molar-refractivity contribution < 1.29 is 18.3 Å². The summed E-state index contributed by atoms with van der Waals surface area (Å²) in [6, 6.07) is 4.59. The van der Waals surface area contributed by atoms with Crippen LogP contribution in [0.5, 0.6) is 5.75 Å². The number of sulfonamides is 1. The van der Waals surface area contributed by atoms with Gasteiger partial charge in [-0.3, -0.25) is 0 Å². The van der Waals surface area contributed by atoms with Crippen molar-refractivity contribution in [3.05, 3.63) is 23.8 Å². The van der Waals surface area contributed by atoms with E-state index in [9.17, 15) is 8.42 Å². The van der Waals surface area contributed by atoms with Crippen LogP contribution in [0.4, 0.5) is 0 Å². The lowest BCUT2D eigenvalue weighted by Gasteiger charge is -2.38. The molecule has 0 radical (unpaired) electrons. The van der Waals surface area contributed by atoms with Gasteiger partial charge in [-0.15, -0.1) is 0 Å². The fourth-order valence-corrected chi connectivity index (χ4v) is 3.68. The number of methoxy groups -OCH3 is 1. The van der Waals surface area contributed by atoms with Crippen molar-refractivity contribution in [2.24, 2.45) is 5.41 Å². The number of aliphatic hydroxyl groups excluding tert-OH is 1. The van der Waals surface area contributed by atoms with Gasteiger partial charge in [0.05, 0.1) is 13.7 Å². The Morgan fingerprint density at radius 3 is 2.60 bits per heavy atom. The Bertz CT molecular complexity index is 579. The molecule has 0 aliphatic heterocycles. The lowest BCUT2D eigenvalue weighted by molar-refractivity contribution is 0.166. The van der Waals surface area contributed by atoms with E-state index in [1.807, 2.05) is 0 Å². The number of hydrogen-bond acceptors (Lipinski definition) is 4. The lowest BCUT2D eigenvalue weighted by Crippen LogP contribution is -2.39. The molecule has 2 N–H and O–H groups in total. The normalized spacial score (nSPS) is 17.6. The summed E-state index contributed by atoms with van der Waals surface area (Å²) in [5, 5.41) is 9.08. The maximum absolute atomic E-state index is 12.3. The first-order valence-electron chi connectivity index (χ1n) is 6.68. The van der Waals surface area contributed by atoms with Gasteiger partial charge in [0.2, 0.25) is 10.0 Å². The highest BCUT2D eigenvalue weighted by molar-refractivity contribution is 7.89. The van der Waals surface area contributed by atoms with Crippen molar-refractivity contribution in [2.75, 3.05) is 13.7 Å². The van der Waals surface area contributed by atoms with Crippen LogP contribution < -0.4 is 9.46 Å². The van der Waals surface area contributed by atoms with Crippen LogP contribution in [0, 0.1) is 5.41 Å². The van der Waals surface area contributed by atoms with Crippen LogP contribution >= 0.6 is 0 Å². The molecule has 0 atom stereocenters. The van der Waals surface area contributed by atoms with Crippen LogP contribution in [-0.2, 0) is 16.6 Å². The first-order chi connectivity index (χ1) is 9.40. The molecule has 112 valence electrons. The minimum atomic E-state index is -3.59. The van der Waals surface area contributed by atoms with E-state index < -0.39 is 10.0 Å². The third kappa shape index (κ3) is 3.13. The molecule has 1 saturated carbocycles. The van der Waals surface area contributed by atoms with Gasteiger partial charge in [0.1, 0.15) is 10.6 Å². The number of ether oxygens (including phenoxy) is 1. The number of rotatable bonds is 6. The molecule has 5 nitrogen and oxygen atoms in total. The molecule has 6 heteroatoms. The molecule has 1 fully saturated rings. The minimum absolute atomic E-state index is 0.0747. The van der Waals surface area contributed by atoms with Gasteiger partial charge in [0, 0.05) is 6.54 Å². The van der Waals surface area contributed by atoms with E-state index in [0.717, 1.165) is 19.3 Å². The highest BCUT2D eigenvalue weighted by Crippen LogP contribution is 2.39. The minimum Gasteiger partial charge on any atom is -0.495 e. The van der Waals surface area contributed by atoms with Gasteiger partial charge < -0.3 is 9.84 Å². The molecule has 2 rings (SSSR count). The fourth-order valence-electron chi connectivity index (χ4n) is 2.34. The van der Waals surface area contributed by atoms with Gasteiger partial charge in [-0.1, -0.05) is 19.4 Å². The highest BCUT2D eigenvalue weighted by atomic mass is 32.2. The molecule has 0 unspecified atom stereocenters. The zero-order chi connectivity index (χ0) is 14.8. The number of aliphatic hydroxyl groups is 1. The number of benzene rings is 1. The van der Waals surface area contributed by atoms with E-state index in [1.165, 1.54) is 13.2 Å². The number of nitrogens with one attached hydrogen (secondary N) is 1. The van der Waals surface area contributed by atoms with E-state index in [0.29, 0.717) is 12.1 Å². The van der Waals surface area contributed by atoms with Crippen LogP contribution in [0.1, 0.15) is 31.7 Å². The SMILES string of the molecule is COc1cc(CO)ccc1S(=O)(=O)NCC1(C)CCC1. The predicted octanol–water partition coefficient (Wildman–Crippen LogP) is 1.66. The fraction of sp³-hybridized carbons (Fsp3) is 0.571. The molecule has 1 aromatic rings. The van der Waals surface area contributed by atoms with E-state index in [2.05, 4.69) is 11.6 Å². The zero-order valence-electron chi connectivity index (χ0n) is 11.8. The van der Waals surface area contributed by atoms with Gasteiger partial charge in [-0.25, -0.2) is 13.1 Å². The quantitative estimate of drug-likeness (QED) is 0.837. The maximum Gasteiger partial charge on any atom is 0.244 e. The second kappa shape index (κ2) is 5.71. The molecule has 20 heavy (non-hydrogen) atoms. The van der Waals surface area contributed by atoms with Crippen molar-refractivity contribution in [3.63, 3.8) is 0 Å². The van der Waals surface area contributed by atoms with Crippen molar-refractivity contribution in [2.45, 2.75) is 37.7 Å². The molecule has 0 aromatic heterocycles. The zero-order valence-corrected chi connectivity index (χ0v) is 12.7. The van der Waals surface area contributed by atoms with Crippen LogP contribution in [0.15, 0.2) is 23.1 Å². The van der Waals surface area contributed by atoms with E-state index in [4.69, 9.17) is 9.84 Å². The Kier molecular flexibility index (Phi) is 4.36. The van der Waals surface area contributed by atoms with Crippen molar-refractivity contribution in [1.29, 1.82) is 0 Å². The smallest absolute Gasteiger partial charge is 0.244 e. The lowest BCUT2D eigenvalue weighted by atomic mass is 9.71. The summed E-state index contributed by atoms with van der Waals surface area (Å²) in [5.41, 5.74) is 0.692. The largest absolute Gasteiger partial charge is 0.495 e. The molecule has 0 amide bonds. The van der Waals surface area contributed by atoms with Gasteiger partial charge in [-0.05, 0) is 36.0 Å². The third-order valence-corrected chi connectivity index (χ3v) is 5.39. The monoisotopic (exact) mass is 299 g/mol. The van der Waals surface area contributed by atoms with Gasteiger partial charge in [0.15, 0.2) is 0 Å². The Balaban J connectivity index is 2.20. The first-order valence-corrected chi connectivity index (χ1v) is 8.16. The molecule has 0 saturated heterocycles.